The van der Waals surface area contributed by atoms with Crippen molar-refractivity contribution in [2.75, 3.05) is 7.05 Å². The normalized spacial score (nSPS) is 14.0. The number of benzene rings is 3. The Bertz CT molecular complexity index is 989. The molecule has 1 aliphatic carbocycles. The van der Waals surface area contributed by atoms with Gasteiger partial charge in [0.25, 0.3) is 0 Å². The summed E-state index contributed by atoms with van der Waals surface area (Å²) in [6, 6.07) is 29.0. The molecule has 3 aromatic carbocycles. The van der Waals surface area contributed by atoms with Crippen LogP contribution < -0.4 is 3.80 Å². The van der Waals surface area contributed by atoms with Crippen molar-refractivity contribution in [2.45, 2.75) is 14.7 Å². The molecule has 3 aromatic rings. The Hall–Kier alpha value is -2.23. The molecule has 0 amide bonds. The number of allylic oxidation sites excluding steroid dienone is 3. The van der Waals surface area contributed by atoms with Crippen LogP contribution in [0.5, 0.6) is 0 Å². The van der Waals surface area contributed by atoms with Crippen LogP contribution in [-0.2, 0) is 16.8 Å². The second kappa shape index (κ2) is 11.4. The van der Waals surface area contributed by atoms with E-state index in [1.54, 1.807) is 0 Å². The second-order valence-corrected chi connectivity index (χ2v) is 15.3. The van der Waals surface area contributed by atoms with Crippen LogP contribution in [0.3, 0.4) is 0 Å². The van der Waals surface area contributed by atoms with Crippen LogP contribution in [0.15, 0.2) is 104 Å². The number of hydrogen-bond acceptors (Lipinski definition) is 1. The Labute approximate surface area is 196 Å². The van der Waals surface area contributed by atoms with Crippen molar-refractivity contribution in [1.29, 1.82) is 0 Å². The number of nitrogens with one attached hydrogen (secondary N) is 1. The molecular weight excluding hydrogens is 426 g/mol. The molecule has 31 heavy (non-hydrogen) atoms. The van der Waals surface area contributed by atoms with Gasteiger partial charge in [0.2, 0.25) is 0 Å². The Balaban J connectivity index is 0.000000215. The third kappa shape index (κ3) is 6.15. The van der Waals surface area contributed by atoms with Gasteiger partial charge in [-0.3, -0.25) is 0 Å². The van der Waals surface area contributed by atoms with Crippen LogP contribution in [0.25, 0.3) is 17.2 Å². The molecule has 1 aliphatic rings. The van der Waals surface area contributed by atoms with E-state index in [0.717, 1.165) is 22.3 Å². The third-order valence-electron chi connectivity index (χ3n) is 5.83. The monoisotopic (exact) mass is 461 g/mol. The minimum absolute atomic E-state index is 0. The molecule has 1 atom stereocenters. The molecule has 0 saturated heterocycles. The molecule has 0 spiro atoms. The van der Waals surface area contributed by atoms with Gasteiger partial charge in [-0.2, -0.15) is 0 Å². The van der Waals surface area contributed by atoms with Gasteiger partial charge in [-0.05, 0) is 33.2 Å². The van der Waals surface area contributed by atoms with Crippen molar-refractivity contribution in [2.24, 2.45) is 0 Å². The predicted octanol–water partition coefficient (Wildman–Crippen LogP) is 6.10. The van der Waals surface area contributed by atoms with Crippen molar-refractivity contribution in [1.82, 2.24) is 3.80 Å². The summed E-state index contributed by atoms with van der Waals surface area (Å²) in [6.45, 7) is 8.20. The van der Waals surface area contributed by atoms with Crippen molar-refractivity contribution in [3.8, 4) is 0 Å². The molecule has 0 radical (unpaired) electrons. The van der Waals surface area contributed by atoms with Crippen LogP contribution in [0, 0.1) is 0 Å². The SMILES string of the molecule is C=C(C(=C)c1ccccc1)c1ccccc1.C[NH][Ti]([CH3])([CH3])[CH]1C=Cc2ccccc21.[SiH4]. The first-order valence-corrected chi connectivity index (χ1v) is 15.2. The molecular formula is C28H35NSiTi. The molecule has 4 rings (SSSR count). The fraction of sp³-hybridized carbons (Fsp3) is 0.143. The Morgan fingerprint density at radius 1 is 0.742 bits per heavy atom. The summed E-state index contributed by atoms with van der Waals surface area (Å²) in [7, 11) is 2.11. The zero-order chi connectivity index (χ0) is 21.6. The minimum atomic E-state index is -1.84. The number of fused-ring (bicyclic) bond motifs is 1. The summed E-state index contributed by atoms with van der Waals surface area (Å²) in [5, 5.41) is 4.86. The topological polar surface area (TPSA) is 12.0 Å². The molecule has 0 heterocycles. The molecule has 0 aliphatic heterocycles. The zero-order valence-corrected chi connectivity index (χ0v) is 19.8. The molecule has 1 unspecified atom stereocenters. The van der Waals surface area contributed by atoms with E-state index in [-0.39, 0.29) is 11.0 Å². The van der Waals surface area contributed by atoms with E-state index in [1.807, 2.05) is 36.4 Å². The first-order valence-electron chi connectivity index (χ1n) is 10.4. The van der Waals surface area contributed by atoms with Gasteiger partial charge in [-0.1, -0.05) is 73.8 Å². The largest absolute Gasteiger partial charge is 0.0149 e. The quantitative estimate of drug-likeness (QED) is 0.358. The number of rotatable bonds is 5. The van der Waals surface area contributed by atoms with E-state index in [0.29, 0.717) is 4.22 Å². The van der Waals surface area contributed by atoms with Crippen molar-refractivity contribution in [3.05, 3.63) is 126 Å². The summed E-state index contributed by atoms with van der Waals surface area (Å²) >= 11 is -1.84. The molecule has 160 valence electrons. The fourth-order valence-corrected chi connectivity index (χ4v) is 6.67. The average molecular weight is 462 g/mol. The molecule has 0 fully saturated rings. The third-order valence-corrected chi connectivity index (χ3v) is 11.1. The predicted molar refractivity (Wildman–Crippen MR) is 141 cm³/mol. The maximum Gasteiger partial charge on any atom is -0.0149 e. The minimum Gasteiger partial charge on any atom is -0.0149 e. The first kappa shape index (κ1) is 25.0. The summed E-state index contributed by atoms with van der Waals surface area (Å²) in [6.07, 6.45) is 4.64. The van der Waals surface area contributed by atoms with E-state index in [2.05, 4.69) is 95.1 Å². The van der Waals surface area contributed by atoms with Gasteiger partial charge in [-0.15, -0.1) is 0 Å². The summed E-state index contributed by atoms with van der Waals surface area (Å²) < 4.78 is 4.24. The standard InChI is InChI=1S/C16H14.C9H7.CH4N.2CH3.H4Si.Ti/c1-13(15-9-5-3-6-10-15)14(2)16-11-7-4-8-12-16;1-2-5-9-7-3-6-8(9)4-1;1-2;;;;/h3-12H,1-2H2;1-7H;2H,1H3;2*1H3;1H4;/q;;-1;;;;+1. The summed E-state index contributed by atoms with van der Waals surface area (Å²) in [5.74, 6) is 0. The molecule has 0 aromatic heterocycles. The molecule has 0 saturated carbocycles. The van der Waals surface area contributed by atoms with Gasteiger partial charge >= 0.3 is 89.9 Å². The van der Waals surface area contributed by atoms with Gasteiger partial charge in [0, 0.05) is 0 Å². The second-order valence-electron chi connectivity index (χ2n) is 8.13. The van der Waals surface area contributed by atoms with Crippen molar-refractivity contribution < 1.29 is 16.8 Å². The maximum atomic E-state index is 4.10. The number of hydrogen-bond donors (Lipinski definition) is 1. The Morgan fingerprint density at radius 3 is 1.68 bits per heavy atom. The maximum absolute atomic E-state index is 4.10. The zero-order valence-electron chi connectivity index (χ0n) is 18.2. The van der Waals surface area contributed by atoms with E-state index in [9.17, 15) is 0 Å². The van der Waals surface area contributed by atoms with Crippen LogP contribution >= 0.6 is 0 Å². The van der Waals surface area contributed by atoms with Crippen molar-refractivity contribution >= 4 is 28.2 Å². The van der Waals surface area contributed by atoms with Gasteiger partial charge in [0.15, 0.2) is 0 Å². The van der Waals surface area contributed by atoms with Gasteiger partial charge in [-0.25, -0.2) is 0 Å². The van der Waals surface area contributed by atoms with E-state index in [1.165, 1.54) is 11.1 Å². The summed E-state index contributed by atoms with van der Waals surface area (Å²) in [5.41, 5.74) is 7.13. The van der Waals surface area contributed by atoms with Crippen molar-refractivity contribution in [3.63, 3.8) is 0 Å². The molecule has 1 N–H and O–H groups in total. The van der Waals surface area contributed by atoms with E-state index in [4.69, 9.17) is 0 Å². The van der Waals surface area contributed by atoms with Crippen LogP contribution in [-0.4, -0.2) is 18.0 Å². The van der Waals surface area contributed by atoms with Gasteiger partial charge in [0.1, 0.15) is 0 Å². The van der Waals surface area contributed by atoms with Crippen LogP contribution in [0.1, 0.15) is 26.5 Å². The fourth-order valence-electron chi connectivity index (χ4n) is 3.66. The van der Waals surface area contributed by atoms with Crippen LogP contribution in [0.4, 0.5) is 0 Å². The van der Waals surface area contributed by atoms with Gasteiger partial charge in [0.05, 0.1) is 0 Å². The van der Waals surface area contributed by atoms with E-state index >= 15 is 0 Å². The molecule has 0 bridgehead atoms. The van der Waals surface area contributed by atoms with E-state index < -0.39 is 16.8 Å². The average Bonchev–Trinajstić information content (AvgIpc) is 3.25. The summed E-state index contributed by atoms with van der Waals surface area (Å²) in [4.78, 5) is 0. The molecule has 1 nitrogen and oxygen atoms in total. The smallest absolute Gasteiger partial charge is 0.0149 e. The Morgan fingerprint density at radius 2 is 1.19 bits per heavy atom. The first-order chi connectivity index (χ1) is 14.4. The van der Waals surface area contributed by atoms with Gasteiger partial charge < -0.3 is 0 Å². The Kier molecular flexibility index (Phi) is 9.21. The van der Waals surface area contributed by atoms with Crippen LogP contribution in [0.2, 0.25) is 10.5 Å². The molecule has 3 heteroatoms.